The van der Waals surface area contributed by atoms with E-state index in [0.29, 0.717) is 6.61 Å². The zero-order chi connectivity index (χ0) is 6.41. The number of nitrogens with one attached hydrogen (secondary N) is 1. The van der Waals surface area contributed by atoms with E-state index in [1.165, 1.54) is 6.21 Å². The molecule has 0 bridgehead atoms. The summed E-state index contributed by atoms with van der Waals surface area (Å²) in [6.45, 7) is 5.81. The van der Waals surface area contributed by atoms with Crippen molar-refractivity contribution in [2.75, 3.05) is 6.61 Å². The number of hydrogen-bond acceptors (Lipinski definition) is 2. The maximum absolute atomic E-state index is 6.70. The van der Waals surface area contributed by atoms with Gasteiger partial charge in [-0.25, -0.2) is 0 Å². The molecular formula is C6H11NO. The molecular weight excluding hydrogens is 102 g/mol. The summed E-state index contributed by atoms with van der Waals surface area (Å²) in [6, 6.07) is 0. The van der Waals surface area contributed by atoms with E-state index in [-0.39, 0.29) is 6.10 Å². The lowest BCUT2D eigenvalue weighted by atomic mass is 10.4. The fourth-order valence-corrected chi connectivity index (χ4v) is 0.268. The van der Waals surface area contributed by atoms with E-state index in [9.17, 15) is 0 Å². The smallest absolute Gasteiger partial charge is 0.0895 e. The van der Waals surface area contributed by atoms with Gasteiger partial charge in [0.15, 0.2) is 0 Å². The van der Waals surface area contributed by atoms with Gasteiger partial charge in [-0.15, -0.1) is 6.58 Å². The first-order chi connectivity index (χ1) is 3.81. The van der Waals surface area contributed by atoms with Crippen molar-refractivity contribution in [3.05, 3.63) is 12.7 Å². The largest absolute Gasteiger partial charge is 0.369 e. The zero-order valence-electron chi connectivity index (χ0n) is 5.05. The molecule has 0 aromatic rings. The molecule has 46 valence electrons. The van der Waals surface area contributed by atoms with Crippen LogP contribution >= 0.6 is 0 Å². The lowest BCUT2D eigenvalue weighted by Gasteiger charge is -2.01. The van der Waals surface area contributed by atoms with Crippen molar-refractivity contribution >= 4 is 6.21 Å². The van der Waals surface area contributed by atoms with Crippen molar-refractivity contribution in [3.63, 3.8) is 0 Å². The Balaban J connectivity index is 3.09. The lowest BCUT2D eigenvalue weighted by Crippen LogP contribution is -2.07. The number of ether oxygens (including phenoxy) is 1. The van der Waals surface area contributed by atoms with Gasteiger partial charge in [-0.2, -0.15) is 0 Å². The number of hydrogen-bond donors (Lipinski definition) is 1. The summed E-state index contributed by atoms with van der Waals surface area (Å²) in [7, 11) is 0. The summed E-state index contributed by atoms with van der Waals surface area (Å²) in [5, 5.41) is 6.70. The van der Waals surface area contributed by atoms with Crippen LogP contribution in [0.25, 0.3) is 0 Å². The highest BCUT2D eigenvalue weighted by atomic mass is 16.5. The molecule has 0 amide bonds. The molecule has 0 spiro atoms. The maximum Gasteiger partial charge on any atom is 0.0895 e. The quantitative estimate of drug-likeness (QED) is 0.431. The van der Waals surface area contributed by atoms with Gasteiger partial charge in [0.1, 0.15) is 0 Å². The molecule has 0 fully saturated rings. The van der Waals surface area contributed by atoms with Crippen molar-refractivity contribution < 1.29 is 4.74 Å². The molecule has 0 saturated heterocycles. The Morgan fingerprint density at radius 2 is 2.50 bits per heavy atom. The molecule has 0 radical (unpaired) electrons. The topological polar surface area (TPSA) is 33.1 Å². The van der Waals surface area contributed by atoms with Crippen LogP contribution in [-0.4, -0.2) is 18.9 Å². The van der Waals surface area contributed by atoms with Crippen molar-refractivity contribution in [1.29, 1.82) is 5.41 Å². The summed E-state index contributed by atoms with van der Waals surface area (Å²) in [5.74, 6) is 0. The first-order valence-electron chi connectivity index (χ1n) is 2.54. The molecule has 1 N–H and O–H groups in total. The van der Waals surface area contributed by atoms with Crippen LogP contribution in [0.15, 0.2) is 12.7 Å². The van der Waals surface area contributed by atoms with E-state index < -0.39 is 0 Å². The van der Waals surface area contributed by atoms with Gasteiger partial charge in [0.05, 0.1) is 12.7 Å². The highest BCUT2D eigenvalue weighted by Crippen LogP contribution is 1.83. The molecule has 0 heterocycles. The average Bonchev–Trinajstić information content (AvgIpc) is 1.83. The molecule has 0 aromatic heterocycles. The Morgan fingerprint density at radius 3 is 2.88 bits per heavy atom. The molecule has 0 aromatic carbocycles. The van der Waals surface area contributed by atoms with Gasteiger partial charge in [0.25, 0.3) is 0 Å². The van der Waals surface area contributed by atoms with Crippen LogP contribution in [-0.2, 0) is 4.74 Å². The summed E-state index contributed by atoms with van der Waals surface area (Å²) < 4.78 is 4.98. The predicted molar refractivity (Wildman–Crippen MR) is 34.4 cm³/mol. The van der Waals surface area contributed by atoms with E-state index in [1.54, 1.807) is 6.08 Å². The second-order valence-electron chi connectivity index (χ2n) is 1.49. The SMILES string of the molecule is C=CCOC(C)C=N. The fourth-order valence-electron chi connectivity index (χ4n) is 0.268. The van der Waals surface area contributed by atoms with E-state index >= 15 is 0 Å². The number of rotatable bonds is 4. The summed E-state index contributed by atoms with van der Waals surface area (Å²) >= 11 is 0. The van der Waals surface area contributed by atoms with Crippen molar-refractivity contribution in [2.24, 2.45) is 0 Å². The molecule has 2 nitrogen and oxygen atoms in total. The minimum absolute atomic E-state index is 0.0759. The van der Waals surface area contributed by atoms with Crippen LogP contribution in [0, 0.1) is 5.41 Å². The minimum Gasteiger partial charge on any atom is -0.369 e. The Bertz CT molecular complexity index is 80.6. The minimum atomic E-state index is -0.0759. The van der Waals surface area contributed by atoms with Gasteiger partial charge < -0.3 is 10.1 Å². The van der Waals surface area contributed by atoms with Crippen LogP contribution in [0.4, 0.5) is 0 Å². The zero-order valence-corrected chi connectivity index (χ0v) is 5.05. The van der Waals surface area contributed by atoms with Gasteiger partial charge in [0.2, 0.25) is 0 Å². The predicted octanol–water partition coefficient (Wildman–Crippen LogP) is 1.23. The van der Waals surface area contributed by atoms with Gasteiger partial charge in [0, 0.05) is 6.21 Å². The van der Waals surface area contributed by atoms with Crippen LogP contribution in [0.1, 0.15) is 6.92 Å². The molecule has 1 atom stereocenters. The van der Waals surface area contributed by atoms with Crippen LogP contribution in [0.3, 0.4) is 0 Å². The Labute approximate surface area is 49.7 Å². The molecule has 0 aliphatic heterocycles. The molecule has 2 heteroatoms. The third-order valence-corrected chi connectivity index (χ3v) is 0.712. The van der Waals surface area contributed by atoms with Crippen LogP contribution in [0.2, 0.25) is 0 Å². The van der Waals surface area contributed by atoms with Crippen LogP contribution < -0.4 is 0 Å². The fraction of sp³-hybridized carbons (Fsp3) is 0.500. The second-order valence-corrected chi connectivity index (χ2v) is 1.49. The Kier molecular flexibility index (Phi) is 4.17. The Hall–Kier alpha value is -0.630. The first-order valence-corrected chi connectivity index (χ1v) is 2.54. The average molecular weight is 113 g/mol. The molecule has 8 heavy (non-hydrogen) atoms. The second kappa shape index (κ2) is 4.53. The molecule has 1 unspecified atom stereocenters. The van der Waals surface area contributed by atoms with Crippen molar-refractivity contribution in [3.8, 4) is 0 Å². The Morgan fingerprint density at radius 1 is 1.88 bits per heavy atom. The van der Waals surface area contributed by atoms with Gasteiger partial charge in [-0.1, -0.05) is 6.08 Å². The van der Waals surface area contributed by atoms with Gasteiger partial charge in [-0.05, 0) is 6.92 Å². The molecule has 0 aliphatic carbocycles. The van der Waals surface area contributed by atoms with E-state index in [0.717, 1.165) is 0 Å². The van der Waals surface area contributed by atoms with Crippen LogP contribution in [0.5, 0.6) is 0 Å². The maximum atomic E-state index is 6.70. The third-order valence-electron chi connectivity index (χ3n) is 0.712. The summed E-state index contributed by atoms with van der Waals surface area (Å²) in [5.41, 5.74) is 0. The molecule has 0 aliphatic rings. The molecule has 0 rings (SSSR count). The first kappa shape index (κ1) is 7.37. The van der Waals surface area contributed by atoms with E-state index in [4.69, 9.17) is 10.1 Å². The standard InChI is InChI=1S/C6H11NO/c1-3-4-8-6(2)5-7/h3,5-7H,1,4H2,2H3. The van der Waals surface area contributed by atoms with Gasteiger partial charge >= 0.3 is 0 Å². The van der Waals surface area contributed by atoms with E-state index in [1.807, 2.05) is 6.92 Å². The van der Waals surface area contributed by atoms with E-state index in [2.05, 4.69) is 6.58 Å². The van der Waals surface area contributed by atoms with Gasteiger partial charge in [-0.3, -0.25) is 0 Å². The lowest BCUT2D eigenvalue weighted by molar-refractivity contribution is 0.139. The summed E-state index contributed by atoms with van der Waals surface area (Å²) in [4.78, 5) is 0. The van der Waals surface area contributed by atoms with Crippen molar-refractivity contribution in [2.45, 2.75) is 13.0 Å². The highest BCUT2D eigenvalue weighted by Gasteiger charge is 1.90. The molecule has 0 saturated carbocycles. The van der Waals surface area contributed by atoms with Crippen molar-refractivity contribution in [1.82, 2.24) is 0 Å². The normalized spacial score (nSPS) is 12.6. The summed E-state index contributed by atoms with van der Waals surface area (Å²) in [6.07, 6.45) is 2.84. The third kappa shape index (κ3) is 3.56. The monoisotopic (exact) mass is 113 g/mol. The highest BCUT2D eigenvalue weighted by molar-refractivity contribution is 5.58.